The van der Waals surface area contributed by atoms with E-state index in [1.54, 1.807) is 71.7 Å². The minimum Gasteiger partial charge on any atom is -0.381 e. The third-order valence-electron chi connectivity index (χ3n) is 7.35. The molecule has 4 N–H and O–H groups in total. The number of pyridine rings is 1. The van der Waals surface area contributed by atoms with Gasteiger partial charge in [0.2, 0.25) is 0 Å². The SMILES string of the molecule is O=C(N[C@@H](c1ccccc1)[C@@H](O)C(=O)NCc1cn(Cc2cccc(Nc3ccnc4cc(Cl)ccc34)c2)nn1)c1ccccc1. The van der Waals surface area contributed by atoms with Gasteiger partial charge in [-0.2, -0.15) is 0 Å². The van der Waals surface area contributed by atoms with Crippen molar-refractivity contribution in [1.82, 2.24) is 30.6 Å². The lowest BCUT2D eigenvalue weighted by Crippen LogP contribution is -2.45. The Bertz CT molecular complexity index is 1970. The van der Waals surface area contributed by atoms with Gasteiger partial charge in [0.05, 0.1) is 30.8 Å². The number of aromatic nitrogens is 4. The van der Waals surface area contributed by atoms with Crippen LogP contribution in [0.2, 0.25) is 5.02 Å². The fourth-order valence-corrected chi connectivity index (χ4v) is 5.24. The molecule has 0 saturated heterocycles. The van der Waals surface area contributed by atoms with E-state index in [1.807, 2.05) is 54.6 Å². The number of amides is 2. The summed E-state index contributed by atoms with van der Waals surface area (Å²) >= 11 is 6.13. The third-order valence-corrected chi connectivity index (χ3v) is 7.59. The first-order valence-corrected chi connectivity index (χ1v) is 15.0. The van der Waals surface area contributed by atoms with Crippen LogP contribution in [0, 0.1) is 0 Å². The first-order valence-electron chi connectivity index (χ1n) is 14.6. The molecule has 0 aliphatic heterocycles. The molecule has 2 amide bonds. The first kappa shape index (κ1) is 30.4. The molecule has 2 atom stereocenters. The van der Waals surface area contributed by atoms with Crippen LogP contribution < -0.4 is 16.0 Å². The topological polar surface area (TPSA) is 134 Å². The summed E-state index contributed by atoms with van der Waals surface area (Å²) in [6.45, 7) is 0.498. The molecular weight excluding hydrogens is 602 g/mol. The van der Waals surface area contributed by atoms with E-state index in [1.165, 1.54) is 0 Å². The molecule has 0 fully saturated rings. The van der Waals surface area contributed by atoms with Gasteiger partial charge < -0.3 is 21.1 Å². The number of aliphatic hydroxyl groups is 1. The Morgan fingerprint density at radius 3 is 2.48 bits per heavy atom. The molecule has 2 heterocycles. The van der Waals surface area contributed by atoms with Crippen LogP contribution in [0.3, 0.4) is 0 Å². The zero-order valence-corrected chi connectivity index (χ0v) is 25.3. The number of anilines is 2. The van der Waals surface area contributed by atoms with E-state index in [4.69, 9.17) is 11.6 Å². The van der Waals surface area contributed by atoms with Crippen molar-refractivity contribution >= 4 is 45.7 Å². The van der Waals surface area contributed by atoms with Gasteiger partial charge in [-0.05, 0) is 59.7 Å². The number of hydrogen-bond acceptors (Lipinski definition) is 7. The van der Waals surface area contributed by atoms with Crippen LogP contribution in [0.25, 0.3) is 10.9 Å². The van der Waals surface area contributed by atoms with Gasteiger partial charge in [0, 0.05) is 33.5 Å². The van der Waals surface area contributed by atoms with Crippen LogP contribution in [-0.4, -0.2) is 43.0 Å². The molecule has 6 aromatic rings. The van der Waals surface area contributed by atoms with E-state index in [-0.39, 0.29) is 6.54 Å². The normalized spacial score (nSPS) is 12.3. The molecule has 0 unspecified atom stereocenters. The average Bonchev–Trinajstić information content (AvgIpc) is 3.53. The molecular formula is C35H30ClN7O3. The Morgan fingerprint density at radius 2 is 1.67 bits per heavy atom. The quantitative estimate of drug-likeness (QED) is 0.150. The summed E-state index contributed by atoms with van der Waals surface area (Å²) in [5, 5.41) is 30.0. The van der Waals surface area contributed by atoms with Crippen LogP contribution in [0.15, 0.2) is 122 Å². The summed E-state index contributed by atoms with van der Waals surface area (Å²) < 4.78 is 1.67. The van der Waals surface area contributed by atoms with Crippen LogP contribution >= 0.6 is 11.6 Å². The van der Waals surface area contributed by atoms with Crippen molar-refractivity contribution in [3.8, 4) is 0 Å². The zero-order valence-electron chi connectivity index (χ0n) is 24.5. The summed E-state index contributed by atoms with van der Waals surface area (Å²) in [5.41, 5.74) is 5.13. The molecule has 2 aromatic heterocycles. The number of nitrogens with zero attached hydrogens (tertiary/aromatic N) is 4. The van der Waals surface area contributed by atoms with Crippen LogP contribution in [0.1, 0.15) is 33.2 Å². The summed E-state index contributed by atoms with van der Waals surface area (Å²) in [7, 11) is 0. The van der Waals surface area contributed by atoms with Gasteiger partial charge in [-0.1, -0.05) is 77.5 Å². The van der Waals surface area contributed by atoms with Crippen molar-refractivity contribution in [3.63, 3.8) is 0 Å². The van der Waals surface area contributed by atoms with Gasteiger partial charge in [-0.15, -0.1) is 5.10 Å². The van der Waals surface area contributed by atoms with Gasteiger partial charge in [0.15, 0.2) is 6.10 Å². The number of benzene rings is 4. The van der Waals surface area contributed by atoms with Gasteiger partial charge in [0.25, 0.3) is 11.8 Å². The largest absolute Gasteiger partial charge is 0.381 e. The highest BCUT2D eigenvalue weighted by Gasteiger charge is 2.29. The number of hydrogen-bond donors (Lipinski definition) is 4. The maximum Gasteiger partial charge on any atom is 0.251 e. The molecule has 0 saturated carbocycles. The van der Waals surface area contributed by atoms with Crippen molar-refractivity contribution in [2.45, 2.75) is 25.2 Å². The van der Waals surface area contributed by atoms with E-state index in [9.17, 15) is 14.7 Å². The van der Waals surface area contributed by atoms with Gasteiger partial charge in [-0.3, -0.25) is 14.6 Å². The molecule has 0 aliphatic rings. The number of carbonyl (C=O) groups excluding carboxylic acids is 2. The number of fused-ring (bicyclic) bond motifs is 1. The number of aliphatic hydroxyl groups excluding tert-OH is 1. The molecule has 0 aliphatic carbocycles. The standard InChI is InChI=1S/C35H30ClN7O3/c36-26-14-15-29-30(16-17-37-31(29)19-26)39-27-13-7-8-23(18-27)21-43-22-28(41-42-43)20-38-35(46)33(44)32(24-9-3-1-4-10-24)40-34(45)25-11-5-2-6-12-25/h1-19,22,32-33,44H,20-21H2,(H,37,39)(H,38,46)(H,40,45)/t32-,33+/m0/s1. The molecule has 230 valence electrons. The van der Waals surface area contributed by atoms with Gasteiger partial charge in [0.1, 0.15) is 5.69 Å². The van der Waals surface area contributed by atoms with Crippen molar-refractivity contribution in [2.24, 2.45) is 0 Å². The molecule has 46 heavy (non-hydrogen) atoms. The Hall–Kier alpha value is -5.58. The number of halogens is 1. The summed E-state index contributed by atoms with van der Waals surface area (Å²) in [6.07, 6.45) is 1.93. The third kappa shape index (κ3) is 7.37. The minimum atomic E-state index is -1.55. The lowest BCUT2D eigenvalue weighted by Gasteiger charge is -2.24. The predicted molar refractivity (Wildman–Crippen MR) is 177 cm³/mol. The zero-order chi connectivity index (χ0) is 31.9. The second-order valence-electron chi connectivity index (χ2n) is 10.6. The Morgan fingerprint density at radius 1 is 0.891 bits per heavy atom. The molecule has 10 nitrogen and oxygen atoms in total. The molecule has 0 spiro atoms. The van der Waals surface area contributed by atoms with Crippen molar-refractivity contribution in [2.75, 3.05) is 5.32 Å². The van der Waals surface area contributed by atoms with Crippen molar-refractivity contribution in [3.05, 3.63) is 149 Å². The molecule has 0 radical (unpaired) electrons. The first-order chi connectivity index (χ1) is 22.4. The maximum absolute atomic E-state index is 13.0. The fraction of sp³-hybridized carbons (Fsp3) is 0.114. The minimum absolute atomic E-state index is 0.0464. The van der Waals surface area contributed by atoms with E-state index in [0.717, 1.165) is 27.8 Å². The van der Waals surface area contributed by atoms with E-state index in [0.29, 0.717) is 28.4 Å². The fourth-order valence-electron chi connectivity index (χ4n) is 5.07. The van der Waals surface area contributed by atoms with Crippen LogP contribution in [-0.2, 0) is 17.9 Å². The van der Waals surface area contributed by atoms with E-state index >= 15 is 0 Å². The number of carbonyl (C=O) groups is 2. The smallest absolute Gasteiger partial charge is 0.251 e. The Kier molecular flexibility index (Phi) is 9.28. The second kappa shape index (κ2) is 14.0. The lowest BCUT2D eigenvalue weighted by atomic mass is 10.00. The summed E-state index contributed by atoms with van der Waals surface area (Å²) in [5.74, 6) is -1.05. The van der Waals surface area contributed by atoms with Crippen molar-refractivity contribution in [1.29, 1.82) is 0 Å². The molecule has 11 heteroatoms. The molecule has 0 bridgehead atoms. The number of nitrogens with one attached hydrogen (secondary N) is 3. The maximum atomic E-state index is 13.0. The summed E-state index contributed by atoms with van der Waals surface area (Å²) in [6, 6.07) is 32.0. The molecule has 6 rings (SSSR count). The van der Waals surface area contributed by atoms with Crippen molar-refractivity contribution < 1.29 is 14.7 Å². The highest BCUT2D eigenvalue weighted by atomic mass is 35.5. The van der Waals surface area contributed by atoms with E-state index < -0.39 is 24.0 Å². The van der Waals surface area contributed by atoms with E-state index in [2.05, 4.69) is 31.2 Å². The van der Waals surface area contributed by atoms with Gasteiger partial charge in [-0.25, -0.2) is 4.68 Å². The van der Waals surface area contributed by atoms with Gasteiger partial charge >= 0.3 is 0 Å². The highest BCUT2D eigenvalue weighted by molar-refractivity contribution is 6.31. The highest BCUT2D eigenvalue weighted by Crippen LogP contribution is 2.27. The monoisotopic (exact) mass is 631 g/mol. The summed E-state index contributed by atoms with van der Waals surface area (Å²) in [4.78, 5) is 30.3. The lowest BCUT2D eigenvalue weighted by molar-refractivity contribution is -0.130. The second-order valence-corrected chi connectivity index (χ2v) is 11.1. The Labute approximate surface area is 270 Å². The van der Waals surface area contributed by atoms with Crippen LogP contribution in [0.4, 0.5) is 11.4 Å². The van der Waals surface area contributed by atoms with Crippen LogP contribution in [0.5, 0.6) is 0 Å². The Balaban J connectivity index is 1.08. The number of rotatable bonds is 11. The predicted octanol–water partition coefficient (Wildman–Crippen LogP) is 5.42. The average molecular weight is 632 g/mol. The molecule has 4 aromatic carbocycles.